The molecule has 2 aromatic rings. The minimum Gasteiger partial charge on any atom is -0.353 e. The fraction of sp³-hybridized carbons (Fsp3) is 0.375. The fourth-order valence-corrected chi connectivity index (χ4v) is 2.63. The van der Waals surface area contributed by atoms with E-state index in [1.54, 1.807) is 0 Å². The number of carbonyl (C=O) groups is 1. The predicted octanol–water partition coefficient (Wildman–Crippen LogP) is 3.37. The molecule has 1 aromatic carbocycles. The minimum atomic E-state index is 0.164. The number of aryl methyl sites for hydroxylation is 1. The van der Waals surface area contributed by atoms with E-state index in [9.17, 15) is 4.79 Å². The van der Waals surface area contributed by atoms with Crippen LogP contribution in [-0.4, -0.2) is 21.7 Å². The molecule has 0 aliphatic heterocycles. The third-order valence-corrected chi connectivity index (χ3v) is 4.02. The number of amides is 1. The van der Waals surface area contributed by atoms with Crippen LogP contribution in [0.4, 0.5) is 0 Å². The molecule has 1 aliphatic carbocycles. The predicted molar refractivity (Wildman–Crippen MR) is 85.8 cm³/mol. The average molecular weight is 348 g/mol. The molecule has 1 aromatic heterocycles. The first-order valence-corrected chi connectivity index (χ1v) is 8.08. The van der Waals surface area contributed by atoms with Crippen molar-refractivity contribution in [3.63, 3.8) is 0 Å². The first kappa shape index (κ1) is 14.3. The van der Waals surface area contributed by atoms with Gasteiger partial charge in [0.15, 0.2) is 0 Å². The van der Waals surface area contributed by atoms with E-state index >= 15 is 0 Å². The number of hydrogen-bond donors (Lipinski definition) is 1. The minimum absolute atomic E-state index is 0.164. The molecule has 1 saturated carbocycles. The van der Waals surface area contributed by atoms with E-state index in [2.05, 4.69) is 38.5 Å². The van der Waals surface area contributed by atoms with Crippen LogP contribution in [0.25, 0.3) is 11.1 Å². The molecule has 0 radical (unpaired) electrons. The summed E-state index contributed by atoms with van der Waals surface area (Å²) in [6.45, 7) is 0.770. The van der Waals surface area contributed by atoms with Crippen molar-refractivity contribution in [1.82, 2.24) is 15.1 Å². The number of nitrogens with zero attached hydrogens (tertiary/aromatic N) is 2. The first-order valence-electron chi connectivity index (χ1n) is 7.28. The Kier molecular flexibility index (Phi) is 4.39. The van der Waals surface area contributed by atoms with Crippen molar-refractivity contribution in [3.8, 4) is 11.1 Å². The van der Waals surface area contributed by atoms with Crippen LogP contribution in [-0.2, 0) is 11.3 Å². The molecule has 0 atom stereocenters. The number of hydrogen-bond acceptors (Lipinski definition) is 2. The van der Waals surface area contributed by atoms with E-state index < -0.39 is 0 Å². The van der Waals surface area contributed by atoms with Crippen molar-refractivity contribution in [1.29, 1.82) is 0 Å². The second-order valence-corrected chi connectivity index (χ2v) is 6.36. The highest BCUT2D eigenvalue weighted by molar-refractivity contribution is 9.10. The number of rotatable bonds is 6. The van der Waals surface area contributed by atoms with Crippen molar-refractivity contribution in [2.45, 2.75) is 38.3 Å². The van der Waals surface area contributed by atoms with Crippen LogP contribution < -0.4 is 5.32 Å². The maximum atomic E-state index is 11.6. The molecule has 0 saturated heterocycles. The summed E-state index contributed by atoms with van der Waals surface area (Å²) in [5.41, 5.74) is 2.24. The maximum Gasteiger partial charge on any atom is 0.220 e. The lowest BCUT2D eigenvalue weighted by atomic mass is 10.1. The van der Waals surface area contributed by atoms with Crippen molar-refractivity contribution < 1.29 is 4.79 Å². The number of halogens is 1. The summed E-state index contributed by atoms with van der Waals surface area (Å²) >= 11 is 3.48. The van der Waals surface area contributed by atoms with Gasteiger partial charge in [0.1, 0.15) is 0 Å². The van der Waals surface area contributed by atoms with Gasteiger partial charge in [0, 0.05) is 35.2 Å². The zero-order chi connectivity index (χ0) is 14.7. The summed E-state index contributed by atoms with van der Waals surface area (Å²) in [6.07, 6.45) is 7.56. The van der Waals surface area contributed by atoms with E-state index in [0.29, 0.717) is 12.5 Å². The Balaban J connectivity index is 1.51. The Hall–Kier alpha value is -1.62. The van der Waals surface area contributed by atoms with E-state index in [4.69, 9.17) is 0 Å². The fourth-order valence-electron chi connectivity index (χ4n) is 2.23. The zero-order valence-corrected chi connectivity index (χ0v) is 13.3. The molecule has 0 spiro atoms. The van der Waals surface area contributed by atoms with Crippen LogP contribution in [0.2, 0.25) is 0 Å². The van der Waals surface area contributed by atoms with Crippen LogP contribution in [0.5, 0.6) is 0 Å². The van der Waals surface area contributed by atoms with Crippen molar-refractivity contribution in [2.75, 3.05) is 0 Å². The van der Waals surface area contributed by atoms with Gasteiger partial charge in [-0.25, -0.2) is 0 Å². The monoisotopic (exact) mass is 347 g/mol. The lowest BCUT2D eigenvalue weighted by molar-refractivity contribution is -0.121. The van der Waals surface area contributed by atoms with Gasteiger partial charge in [0.2, 0.25) is 5.91 Å². The van der Waals surface area contributed by atoms with Crippen LogP contribution in [0.1, 0.15) is 25.7 Å². The highest BCUT2D eigenvalue weighted by Gasteiger charge is 2.22. The quantitative estimate of drug-likeness (QED) is 0.870. The molecular formula is C16H18BrN3O. The Bertz CT molecular complexity index is 634. The first-order chi connectivity index (χ1) is 10.2. The molecule has 5 heteroatoms. The van der Waals surface area contributed by atoms with Gasteiger partial charge in [0.25, 0.3) is 0 Å². The molecule has 1 heterocycles. The Morgan fingerprint density at radius 2 is 2.24 bits per heavy atom. The third kappa shape index (κ3) is 4.17. The summed E-state index contributed by atoms with van der Waals surface area (Å²) in [7, 11) is 0. The van der Waals surface area contributed by atoms with Crippen LogP contribution in [0, 0.1) is 0 Å². The maximum absolute atomic E-state index is 11.6. The van der Waals surface area contributed by atoms with Crippen LogP contribution in [0.15, 0.2) is 41.1 Å². The van der Waals surface area contributed by atoms with E-state index in [1.165, 1.54) is 0 Å². The molecule has 1 fully saturated rings. The molecular weight excluding hydrogens is 330 g/mol. The summed E-state index contributed by atoms with van der Waals surface area (Å²) in [6, 6.07) is 8.61. The molecule has 1 aliphatic rings. The summed E-state index contributed by atoms with van der Waals surface area (Å²) < 4.78 is 2.96. The van der Waals surface area contributed by atoms with E-state index in [1.807, 2.05) is 29.2 Å². The van der Waals surface area contributed by atoms with Crippen molar-refractivity contribution in [2.24, 2.45) is 0 Å². The Labute approximate surface area is 132 Å². The molecule has 110 valence electrons. The molecule has 1 amide bonds. The van der Waals surface area contributed by atoms with Gasteiger partial charge in [-0.15, -0.1) is 0 Å². The Morgan fingerprint density at radius 3 is 3.00 bits per heavy atom. The standard InChI is InChI=1S/C16H18BrN3O/c17-14-4-1-3-12(9-14)13-10-18-20(11-13)8-2-5-16(21)19-15-6-7-15/h1,3-4,9-11,15H,2,5-8H2,(H,19,21). The normalized spacial score (nSPS) is 14.1. The second-order valence-electron chi connectivity index (χ2n) is 5.45. The van der Waals surface area contributed by atoms with Crippen molar-refractivity contribution >= 4 is 21.8 Å². The third-order valence-electron chi connectivity index (χ3n) is 3.52. The number of aromatic nitrogens is 2. The molecule has 1 N–H and O–H groups in total. The zero-order valence-electron chi connectivity index (χ0n) is 11.8. The van der Waals surface area contributed by atoms with E-state index in [-0.39, 0.29) is 5.91 Å². The summed E-state index contributed by atoms with van der Waals surface area (Å²) in [4.78, 5) is 11.6. The van der Waals surface area contributed by atoms with Gasteiger partial charge < -0.3 is 5.32 Å². The number of nitrogens with one attached hydrogen (secondary N) is 1. The largest absolute Gasteiger partial charge is 0.353 e. The van der Waals surface area contributed by atoms with Gasteiger partial charge >= 0.3 is 0 Å². The second kappa shape index (κ2) is 6.43. The lowest BCUT2D eigenvalue weighted by Crippen LogP contribution is -2.25. The van der Waals surface area contributed by atoms with Gasteiger partial charge in [-0.1, -0.05) is 28.1 Å². The topological polar surface area (TPSA) is 46.9 Å². The molecule has 3 rings (SSSR count). The van der Waals surface area contributed by atoms with Crippen molar-refractivity contribution in [3.05, 3.63) is 41.1 Å². The Morgan fingerprint density at radius 1 is 1.38 bits per heavy atom. The van der Waals surface area contributed by atoms with Gasteiger partial charge in [-0.3, -0.25) is 9.48 Å². The molecule has 21 heavy (non-hydrogen) atoms. The van der Waals surface area contributed by atoms with Gasteiger partial charge in [0.05, 0.1) is 6.20 Å². The highest BCUT2D eigenvalue weighted by atomic mass is 79.9. The SMILES string of the molecule is O=C(CCCn1cc(-c2cccc(Br)c2)cn1)NC1CC1. The molecule has 0 bridgehead atoms. The lowest BCUT2D eigenvalue weighted by Gasteiger charge is -2.03. The number of benzene rings is 1. The molecule has 4 nitrogen and oxygen atoms in total. The highest BCUT2D eigenvalue weighted by Crippen LogP contribution is 2.22. The van der Waals surface area contributed by atoms with Crippen LogP contribution >= 0.6 is 15.9 Å². The molecule has 0 unspecified atom stereocenters. The van der Waals surface area contributed by atoms with Gasteiger partial charge in [-0.2, -0.15) is 5.10 Å². The average Bonchev–Trinajstić information content (AvgIpc) is 3.14. The van der Waals surface area contributed by atoms with Crippen LogP contribution in [0.3, 0.4) is 0 Å². The van der Waals surface area contributed by atoms with Gasteiger partial charge in [-0.05, 0) is 37.0 Å². The summed E-state index contributed by atoms with van der Waals surface area (Å²) in [5.74, 6) is 0.164. The number of carbonyl (C=O) groups excluding carboxylic acids is 1. The van der Waals surface area contributed by atoms with E-state index in [0.717, 1.165) is 41.4 Å². The smallest absolute Gasteiger partial charge is 0.220 e. The summed E-state index contributed by atoms with van der Waals surface area (Å²) in [5, 5.41) is 7.37.